The molecule has 0 saturated carbocycles. The van der Waals surface area contributed by atoms with Crippen molar-refractivity contribution in [2.75, 3.05) is 19.4 Å². The van der Waals surface area contributed by atoms with Gasteiger partial charge in [0.15, 0.2) is 0 Å². The Kier molecular flexibility index (Phi) is 6.74. The molecule has 0 spiro atoms. The third kappa shape index (κ3) is 4.70. The molecule has 0 saturated heterocycles. The fourth-order valence-electron chi connectivity index (χ4n) is 3.78. The molecule has 6 nitrogen and oxygen atoms in total. The van der Waals surface area contributed by atoms with Crippen molar-refractivity contribution in [1.29, 1.82) is 0 Å². The second-order valence-corrected chi connectivity index (χ2v) is 9.45. The molecule has 30 heavy (non-hydrogen) atoms. The molecule has 4 rings (SSSR count). The zero-order chi connectivity index (χ0) is 20.9. The second-order valence-electron chi connectivity index (χ2n) is 7.26. The van der Waals surface area contributed by atoms with Gasteiger partial charge in [-0.2, -0.15) is 11.8 Å². The largest absolute Gasteiger partial charge is 0.496 e. The van der Waals surface area contributed by atoms with Crippen LogP contribution in [0.25, 0.3) is 10.2 Å². The van der Waals surface area contributed by atoms with Crippen molar-refractivity contribution >= 4 is 39.2 Å². The first-order valence-electron chi connectivity index (χ1n) is 10.2. The van der Waals surface area contributed by atoms with Gasteiger partial charge in [0.05, 0.1) is 18.2 Å². The Bertz CT molecular complexity index is 1110. The van der Waals surface area contributed by atoms with Gasteiger partial charge in [0.25, 0.3) is 5.56 Å². The van der Waals surface area contributed by atoms with Crippen LogP contribution in [0.3, 0.4) is 0 Å². The molecule has 158 valence electrons. The van der Waals surface area contributed by atoms with Gasteiger partial charge >= 0.3 is 0 Å². The molecule has 2 aromatic heterocycles. The van der Waals surface area contributed by atoms with E-state index >= 15 is 0 Å². The number of ether oxygens (including phenoxy) is 1. The van der Waals surface area contributed by atoms with Crippen LogP contribution in [-0.2, 0) is 29.8 Å². The average molecular weight is 444 g/mol. The Labute approximate surface area is 183 Å². The van der Waals surface area contributed by atoms with Gasteiger partial charge in [-0.05, 0) is 42.9 Å². The summed E-state index contributed by atoms with van der Waals surface area (Å²) in [6.07, 6.45) is 4.36. The first-order valence-corrected chi connectivity index (χ1v) is 12.1. The highest BCUT2D eigenvalue weighted by molar-refractivity contribution is 7.98. The molecule has 0 bridgehead atoms. The SMILES string of the molecule is COc1ccccc1CCNC(=O)CCSCc1nc2sc3c(c2c(=O)[nH]1)CCC3. The number of hydrogen-bond acceptors (Lipinski definition) is 6. The third-order valence-corrected chi connectivity index (χ3v) is 7.40. The summed E-state index contributed by atoms with van der Waals surface area (Å²) in [4.78, 5) is 34.3. The van der Waals surface area contributed by atoms with Gasteiger partial charge in [0.1, 0.15) is 16.4 Å². The number of amides is 1. The number of methoxy groups -OCH3 is 1. The van der Waals surface area contributed by atoms with Gasteiger partial charge in [-0.15, -0.1) is 11.3 Å². The highest BCUT2D eigenvalue weighted by Gasteiger charge is 2.21. The van der Waals surface area contributed by atoms with Crippen molar-refractivity contribution < 1.29 is 9.53 Å². The molecule has 3 aromatic rings. The van der Waals surface area contributed by atoms with Crippen molar-refractivity contribution in [3.63, 3.8) is 0 Å². The molecule has 1 aromatic carbocycles. The standard InChI is InChI=1S/C22H25N3O3S2/c1-28-16-7-3-2-5-14(16)9-11-23-19(26)10-12-29-13-18-24-21(27)20-15-6-4-8-17(15)30-22(20)25-18/h2-3,5,7H,4,6,8-13H2,1H3,(H,23,26)(H,24,25,27). The van der Waals surface area contributed by atoms with E-state index in [4.69, 9.17) is 4.74 Å². The monoisotopic (exact) mass is 443 g/mol. The molecule has 0 unspecified atom stereocenters. The number of carbonyl (C=O) groups is 1. The lowest BCUT2D eigenvalue weighted by atomic mass is 10.1. The van der Waals surface area contributed by atoms with E-state index in [9.17, 15) is 9.59 Å². The summed E-state index contributed by atoms with van der Waals surface area (Å²) in [7, 11) is 1.65. The lowest BCUT2D eigenvalue weighted by Gasteiger charge is -2.09. The van der Waals surface area contributed by atoms with Gasteiger partial charge < -0.3 is 15.0 Å². The van der Waals surface area contributed by atoms with Crippen LogP contribution in [0.2, 0.25) is 0 Å². The summed E-state index contributed by atoms with van der Waals surface area (Å²) in [5.74, 6) is 2.85. The van der Waals surface area contributed by atoms with Crippen LogP contribution in [0.5, 0.6) is 5.75 Å². The zero-order valence-corrected chi connectivity index (χ0v) is 18.6. The summed E-state index contributed by atoms with van der Waals surface area (Å²) in [6, 6.07) is 7.83. The van der Waals surface area contributed by atoms with E-state index in [1.54, 1.807) is 30.2 Å². The number of para-hydroxylation sites is 1. The van der Waals surface area contributed by atoms with Crippen molar-refractivity contribution in [2.45, 2.75) is 37.9 Å². The van der Waals surface area contributed by atoms with Crippen molar-refractivity contribution in [2.24, 2.45) is 0 Å². The summed E-state index contributed by atoms with van der Waals surface area (Å²) in [5.41, 5.74) is 2.26. The molecule has 0 fully saturated rings. The summed E-state index contributed by atoms with van der Waals surface area (Å²) >= 11 is 3.26. The minimum Gasteiger partial charge on any atom is -0.496 e. The van der Waals surface area contributed by atoms with Crippen LogP contribution in [0.15, 0.2) is 29.1 Å². The van der Waals surface area contributed by atoms with Crippen LogP contribution in [0.4, 0.5) is 0 Å². The van der Waals surface area contributed by atoms with Crippen molar-refractivity contribution in [1.82, 2.24) is 15.3 Å². The van der Waals surface area contributed by atoms with Crippen LogP contribution in [0.1, 0.15) is 34.7 Å². The maximum absolute atomic E-state index is 12.5. The normalized spacial score (nSPS) is 12.8. The topological polar surface area (TPSA) is 84.1 Å². The molecule has 0 radical (unpaired) electrons. The second kappa shape index (κ2) is 9.66. The number of hydrogen-bond donors (Lipinski definition) is 2. The van der Waals surface area contributed by atoms with Gasteiger partial charge in [0.2, 0.25) is 5.91 Å². The van der Waals surface area contributed by atoms with Crippen LogP contribution in [0, 0.1) is 0 Å². The van der Waals surface area contributed by atoms with Gasteiger partial charge in [-0.25, -0.2) is 4.98 Å². The number of aryl methyl sites for hydroxylation is 2. The number of fused-ring (bicyclic) bond motifs is 3. The molecule has 1 amide bonds. The van der Waals surface area contributed by atoms with Crippen LogP contribution < -0.4 is 15.6 Å². The van der Waals surface area contributed by atoms with E-state index < -0.39 is 0 Å². The minimum atomic E-state index is -0.0240. The quantitative estimate of drug-likeness (QED) is 0.495. The lowest BCUT2D eigenvalue weighted by molar-refractivity contribution is -0.120. The number of thiophene rings is 1. The van der Waals surface area contributed by atoms with E-state index in [2.05, 4.69) is 15.3 Å². The summed E-state index contributed by atoms with van der Waals surface area (Å²) in [5, 5.41) is 3.74. The van der Waals surface area contributed by atoms with Crippen molar-refractivity contribution in [3.8, 4) is 5.75 Å². The molecular formula is C22H25N3O3S2. The third-order valence-electron chi connectivity index (χ3n) is 5.25. The fourth-order valence-corrected chi connectivity index (χ4v) is 5.87. The molecule has 2 heterocycles. The van der Waals surface area contributed by atoms with E-state index in [1.165, 1.54) is 10.4 Å². The first kappa shape index (κ1) is 20.9. The van der Waals surface area contributed by atoms with Crippen LogP contribution in [-0.4, -0.2) is 35.3 Å². The van der Waals surface area contributed by atoms with E-state index in [1.807, 2.05) is 24.3 Å². The zero-order valence-electron chi connectivity index (χ0n) is 17.0. The number of rotatable bonds is 9. The Morgan fingerprint density at radius 2 is 2.20 bits per heavy atom. The number of nitrogens with zero attached hydrogens (tertiary/aromatic N) is 1. The molecular weight excluding hydrogens is 418 g/mol. The van der Waals surface area contributed by atoms with E-state index in [0.717, 1.165) is 47.2 Å². The smallest absolute Gasteiger partial charge is 0.259 e. The number of aromatic nitrogens is 2. The molecule has 1 aliphatic rings. The number of carbonyl (C=O) groups excluding carboxylic acids is 1. The predicted octanol–water partition coefficient (Wildman–Crippen LogP) is 3.46. The summed E-state index contributed by atoms with van der Waals surface area (Å²) in [6.45, 7) is 0.582. The van der Waals surface area contributed by atoms with Crippen LogP contribution >= 0.6 is 23.1 Å². The average Bonchev–Trinajstić information content (AvgIpc) is 3.32. The number of aromatic amines is 1. The minimum absolute atomic E-state index is 0.0240. The van der Waals surface area contributed by atoms with Gasteiger partial charge in [-0.1, -0.05) is 18.2 Å². The number of nitrogens with one attached hydrogen (secondary N) is 2. The number of benzene rings is 1. The fraction of sp³-hybridized carbons (Fsp3) is 0.409. The Balaban J connectivity index is 1.21. The highest BCUT2D eigenvalue weighted by Crippen LogP contribution is 2.34. The Morgan fingerprint density at radius 1 is 1.33 bits per heavy atom. The molecule has 0 aliphatic heterocycles. The highest BCUT2D eigenvalue weighted by atomic mass is 32.2. The lowest BCUT2D eigenvalue weighted by Crippen LogP contribution is -2.26. The predicted molar refractivity (Wildman–Crippen MR) is 123 cm³/mol. The molecule has 1 aliphatic carbocycles. The maximum atomic E-state index is 12.5. The maximum Gasteiger partial charge on any atom is 0.259 e. The number of thioether (sulfide) groups is 1. The number of H-pyrrole nitrogens is 1. The molecule has 0 atom stereocenters. The first-order chi connectivity index (χ1) is 14.7. The van der Waals surface area contributed by atoms with E-state index in [0.29, 0.717) is 30.3 Å². The Morgan fingerprint density at radius 3 is 3.07 bits per heavy atom. The summed E-state index contributed by atoms with van der Waals surface area (Å²) < 4.78 is 5.33. The van der Waals surface area contributed by atoms with Gasteiger partial charge in [0, 0.05) is 23.6 Å². The van der Waals surface area contributed by atoms with Gasteiger partial charge in [-0.3, -0.25) is 9.59 Å². The van der Waals surface area contributed by atoms with Crippen molar-refractivity contribution in [3.05, 3.63) is 56.4 Å². The molecule has 8 heteroatoms. The molecule has 2 N–H and O–H groups in total. The van der Waals surface area contributed by atoms with E-state index in [-0.39, 0.29) is 11.5 Å². The Hall–Kier alpha value is -2.32.